The minimum Gasteiger partial charge on any atom is -0.444 e. The Labute approximate surface area is 129 Å². The van der Waals surface area contributed by atoms with Gasteiger partial charge in [0, 0.05) is 32.3 Å². The number of aromatic nitrogens is 3. The van der Waals surface area contributed by atoms with Crippen molar-refractivity contribution >= 4 is 5.82 Å². The molecule has 0 aromatic carbocycles. The maximum Gasteiger partial charge on any atom is 0.208 e. The third-order valence-corrected chi connectivity index (χ3v) is 3.61. The van der Waals surface area contributed by atoms with E-state index in [1.807, 2.05) is 18.3 Å². The van der Waals surface area contributed by atoms with Crippen molar-refractivity contribution in [2.75, 3.05) is 31.6 Å². The predicted molar refractivity (Wildman–Crippen MR) is 81.4 cm³/mol. The molecule has 2 aromatic heterocycles. The summed E-state index contributed by atoms with van der Waals surface area (Å²) in [6.45, 7) is 5.95. The molecule has 7 nitrogen and oxygen atoms in total. The second-order valence-electron chi connectivity index (χ2n) is 5.29. The monoisotopic (exact) mass is 303 g/mol. The van der Waals surface area contributed by atoms with E-state index >= 15 is 0 Å². The number of hydrogen-bond acceptors (Lipinski definition) is 7. The zero-order valence-corrected chi connectivity index (χ0v) is 12.7. The summed E-state index contributed by atoms with van der Waals surface area (Å²) in [6, 6.07) is 3.75. The minimum absolute atomic E-state index is 0.122. The van der Waals surface area contributed by atoms with Gasteiger partial charge in [0.2, 0.25) is 5.89 Å². The van der Waals surface area contributed by atoms with Gasteiger partial charge in [-0.1, -0.05) is 6.92 Å². The first-order chi connectivity index (χ1) is 10.8. The lowest BCUT2D eigenvalue weighted by Gasteiger charge is -2.32. The Kier molecular flexibility index (Phi) is 4.97. The molecule has 3 rings (SSSR count). The van der Waals surface area contributed by atoms with Crippen LogP contribution in [0.25, 0.3) is 0 Å². The minimum atomic E-state index is 0.122. The van der Waals surface area contributed by atoms with Gasteiger partial charge in [0.25, 0.3) is 0 Å². The number of aryl methyl sites for hydroxylation is 1. The summed E-state index contributed by atoms with van der Waals surface area (Å²) in [4.78, 5) is 6.62. The summed E-state index contributed by atoms with van der Waals surface area (Å²) in [7, 11) is 0. The summed E-state index contributed by atoms with van der Waals surface area (Å²) < 4.78 is 11.5. The van der Waals surface area contributed by atoms with Crippen LogP contribution in [0.4, 0.5) is 5.82 Å². The van der Waals surface area contributed by atoms with Crippen LogP contribution in [0.1, 0.15) is 18.6 Å². The van der Waals surface area contributed by atoms with Crippen LogP contribution in [-0.2, 0) is 17.7 Å². The summed E-state index contributed by atoms with van der Waals surface area (Å²) in [5.41, 5.74) is 0. The van der Waals surface area contributed by atoms with Crippen molar-refractivity contribution in [1.29, 1.82) is 0 Å². The van der Waals surface area contributed by atoms with Crippen LogP contribution in [0.15, 0.2) is 28.9 Å². The maximum atomic E-state index is 5.79. The molecule has 1 fully saturated rings. The van der Waals surface area contributed by atoms with Gasteiger partial charge in [-0.15, -0.1) is 5.10 Å². The van der Waals surface area contributed by atoms with E-state index in [-0.39, 0.29) is 6.10 Å². The first-order valence-corrected chi connectivity index (χ1v) is 7.62. The van der Waals surface area contributed by atoms with Crippen molar-refractivity contribution < 1.29 is 9.15 Å². The van der Waals surface area contributed by atoms with E-state index in [0.717, 1.165) is 43.5 Å². The van der Waals surface area contributed by atoms with Crippen molar-refractivity contribution in [2.45, 2.75) is 26.0 Å². The van der Waals surface area contributed by atoms with E-state index in [1.165, 1.54) is 0 Å². The summed E-state index contributed by atoms with van der Waals surface area (Å²) >= 11 is 0. The Bertz CT molecular complexity index is 574. The smallest absolute Gasteiger partial charge is 0.208 e. The molecule has 2 aromatic rings. The molecule has 1 aliphatic heterocycles. The molecular weight excluding hydrogens is 282 g/mol. The molecule has 0 bridgehead atoms. The van der Waals surface area contributed by atoms with Crippen LogP contribution in [0.2, 0.25) is 0 Å². The molecule has 1 N–H and O–H groups in total. The summed E-state index contributed by atoms with van der Waals surface area (Å²) in [5.74, 6) is 2.48. The maximum absolute atomic E-state index is 5.79. The number of ether oxygens (including phenoxy) is 1. The van der Waals surface area contributed by atoms with Gasteiger partial charge in [-0.25, -0.2) is 4.98 Å². The first-order valence-electron chi connectivity index (χ1n) is 7.62. The molecule has 1 aliphatic rings. The van der Waals surface area contributed by atoms with Gasteiger partial charge in [-0.05, 0) is 12.1 Å². The van der Waals surface area contributed by atoms with Crippen LogP contribution >= 0.6 is 0 Å². The van der Waals surface area contributed by atoms with Gasteiger partial charge in [0.15, 0.2) is 0 Å². The zero-order chi connectivity index (χ0) is 15.2. The molecule has 3 heterocycles. The molecule has 0 spiro atoms. The van der Waals surface area contributed by atoms with Crippen molar-refractivity contribution in [3.8, 4) is 0 Å². The number of morpholine rings is 1. The van der Waals surface area contributed by atoms with Crippen molar-refractivity contribution in [3.63, 3.8) is 0 Å². The van der Waals surface area contributed by atoms with Gasteiger partial charge >= 0.3 is 0 Å². The fourth-order valence-corrected chi connectivity index (χ4v) is 2.44. The van der Waals surface area contributed by atoms with E-state index in [4.69, 9.17) is 9.15 Å². The lowest BCUT2D eigenvalue weighted by Crippen LogP contribution is -2.44. The fraction of sp³-hybridized carbons (Fsp3) is 0.533. The first kappa shape index (κ1) is 14.9. The number of oxazole rings is 1. The number of hydrogen-bond donors (Lipinski definition) is 1. The quantitative estimate of drug-likeness (QED) is 0.863. The number of nitrogens with zero attached hydrogens (tertiary/aromatic N) is 4. The number of nitrogens with one attached hydrogen (secondary N) is 1. The van der Waals surface area contributed by atoms with Crippen molar-refractivity contribution in [1.82, 2.24) is 20.1 Å². The zero-order valence-electron chi connectivity index (χ0n) is 12.7. The summed E-state index contributed by atoms with van der Waals surface area (Å²) in [6.07, 6.45) is 4.46. The highest BCUT2D eigenvalue weighted by atomic mass is 16.5. The van der Waals surface area contributed by atoms with Crippen molar-refractivity contribution in [3.05, 3.63) is 36.2 Å². The topological polar surface area (TPSA) is 76.3 Å². The molecule has 0 unspecified atom stereocenters. The van der Waals surface area contributed by atoms with E-state index in [2.05, 4.69) is 32.3 Å². The Morgan fingerprint density at radius 1 is 1.45 bits per heavy atom. The Balaban J connectivity index is 1.48. The molecular formula is C15H21N5O2. The van der Waals surface area contributed by atoms with Crippen LogP contribution < -0.4 is 5.32 Å². The van der Waals surface area contributed by atoms with Crippen LogP contribution in [0.3, 0.4) is 0 Å². The third-order valence-electron chi connectivity index (χ3n) is 3.61. The van der Waals surface area contributed by atoms with Crippen molar-refractivity contribution in [2.24, 2.45) is 0 Å². The van der Waals surface area contributed by atoms with Gasteiger partial charge in [-0.2, -0.15) is 5.10 Å². The Morgan fingerprint density at radius 3 is 3.18 bits per heavy atom. The molecule has 7 heteroatoms. The molecule has 22 heavy (non-hydrogen) atoms. The normalized spacial score (nSPS) is 19.2. The molecule has 0 saturated carbocycles. The molecule has 118 valence electrons. The van der Waals surface area contributed by atoms with E-state index in [9.17, 15) is 0 Å². The standard InChI is InChI=1S/C15H21N5O2/c1-2-12-8-17-15(22-12)11-20-6-7-21-13(10-20)9-16-14-4-3-5-18-19-14/h3-5,8,13H,2,6-7,9-11H2,1H3,(H,16,19)/t13-/m0/s1. The molecule has 0 amide bonds. The number of anilines is 1. The highest BCUT2D eigenvalue weighted by Crippen LogP contribution is 2.12. The second kappa shape index (κ2) is 7.33. The lowest BCUT2D eigenvalue weighted by atomic mass is 10.2. The highest BCUT2D eigenvalue weighted by molar-refractivity contribution is 5.31. The highest BCUT2D eigenvalue weighted by Gasteiger charge is 2.21. The Morgan fingerprint density at radius 2 is 2.41 bits per heavy atom. The molecule has 1 saturated heterocycles. The van der Waals surface area contributed by atoms with E-state index < -0.39 is 0 Å². The molecule has 0 aliphatic carbocycles. The van der Waals surface area contributed by atoms with Gasteiger partial charge in [0.1, 0.15) is 11.6 Å². The molecule has 0 radical (unpaired) electrons. The van der Waals surface area contributed by atoms with Crippen LogP contribution in [0, 0.1) is 0 Å². The number of rotatable bonds is 6. The fourth-order valence-electron chi connectivity index (χ4n) is 2.44. The average molecular weight is 303 g/mol. The van der Waals surface area contributed by atoms with E-state index in [1.54, 1.807) is 6.20 Å². The van der Waals surface area contributed by atoms with Gasteiger partial charge in [-0.3, -0.25) is 4.90 Å². The summed E-state index contributed by atoms with van der Waals surface area (Å²) in [5, 5.41) is 11.1. The third kappa shape index (κ3) is 4.02. The SMILES string of the molecule is CCc1cnc(CN2CCO[C@@H](CNc3cccnn3)C2)o1. The Hall–Kier alpha value is -1.99. The van der Waals surface area contributed by atoms with E-state index in [0.29, 0.717) is 13.2 Å². The second-order valence-corrected chi connectivity index (χ2v) is 5.29. The van der Waals surface area contributed by atoms with Crippen LogP contribution in [0.5, 0.6) is 0 Å². The molecule has 1 atom stereocenters. The van der Waals surface area contributed by atoms with Gasteiger partial charge in [0.05, 0.1) is 25.5 Å². The average Bonchev–Trinajstić information content (AvgIpc) is 3.02. The lowest BCUT2D eigenvalue weighted by molar-refractivity contribution is -0.0265. The van der Waals surface area contributed by atoms with Gasteiger partial charge < -0.3 is 14.5 Å². The largest absolute Gasteiger partial charge is 0.444 e. The predicted octanol–water partition coefficient (Wildman–Crippen LogP) is 1.34. The van der Waals surface area contributed by atoms with Crippen LogP contribution in [-0.4, -0.2) is 52.4 Å².